The summed E-state index contributed by atoms with van der Waals surface area (Å²) in [6.07, 6.45) is 4.91. The van der Waals surface area contributed by atoms with Crippen molar-refractivity contribution in [2.45, 2.75) is 45.3 Å². The fourth-order valence-corrected chi connectivity index (χ4v) is 3.90. The van der Waals surface area contributed by atoms with Crippen molar-refractivity contribution in [1.29, 1.82) is 0 Å². The Morgan fingerprint density at radius 3 is 2.83 bits per heavy atom. The Balaban J connectivity index is 1.53. The minimum atomic E-state index is -0.219. The van der Waals surface area contributed by atoms with Gasteiger partial charge >= 0.3 is 0 Å². The van der Waals surface area contributed by atoms with Crippen LogP contribution in [0, 0.1) is 11.7 Å². The quantitative estimate of drug-likeness (QED) is 0.682. The van der Waals surface area contributed by atoms with Crippen molar-refractivity contribution in [3.05, 3.63) is 65.7 Å². The van der Waals surface area contributed by atoms with Crippen LogP contribution in [0.5, 0.6) is 0 Å². The molecule has 5 nitrogen and oxygen atoms in total. The van der Waals surface area contributed by atoms with E-state index in [2.05, 4.69) is 34.4 Å². The molecule has 2 aromatic rings. The van der Waals surface area contributed by atoms with Crippen LogP contribution in [0.4, 0.5) is 4.39 Å². The van der Waals surface area contributed by atoms with E-state index in [0.29, 0.717) is 24.4 Å². The van der Waals surface area contributed by atoms with E-state index in [1.54, 1.807) is 18.3 Å². The molecule has 1 fully saturated rings. The minimum Gasteiger partial charge on any atom is -0.354 e. The van der Waals surface area contributed by atoms with Gasteiger partial charge in [-0.1, -0.05) is 38.1 Å². The molecular weight excluding hydrogens is 367 g/mol. The molecule has 0 saturated carbocycles. The number of amides is 1. The van der Waals surface area contributed by atoms with Gasteiger partial charge in [0.2, 0.25) is 5.91 Å². The number of aromatic nitrogens is 1. The number of benzene rings is 1. The lowest BCUT2D eigenvalue weighted by atomic mass is 10.1. The van der Waals surface area contributed by atoms with Crippen LogP contribution < -0.4 is 10.6 Å². The Bertz CT molecular complexity index is 783. The summed E-state index contributed by atoms with van der Waals surface area (Å²) in [4.78, 5) is 19.3. The van der Waals surface area contributed by atoms with Gasteiger partial charge in [0.1, 0.15) is 5.82 Å². The van der Waals surface area contributed by atoms with E-state index in [-0.39, 0.29) is 23.8 Å². The molecule has 0 unspecified atom stereocenters. The molecule has 1 aromatic heterocycles. The van der Waals surface area contributed by atoms with Crippen molar-refractivity contribution in [2.24, 2.45) is 5.92 Å². The maximum Gasteiger partial charge on any atom is 0.237 e. The molecule has 1 saturated heterocycles. The van der Waals surface area contributed by atoms with Gasteiger partial charge in [0.25, 0.3) is 0 Å². The molecule has 29 heavy (non-hydrogen) atoms. The molecule has 1 aliphatic heterocycles. The molecule has 2 atom stereocenters. The van der Waals surface area contributed by atoms with Crippen molar-refractivity contribution in [3.8, 4) is 0 Å². The lowest BCUT2D eigenvalue weighted by Gasteiger charge is -2.25. The highest BCUT2D eigenvalue weighted by Gasteiger charge is 2.36. The Kier molecular flexibility index (Phi) is 7.72. The van der Waals surface area contributed by atoms with Crippen molar-refractivity contribution >= 4 is 5.91 Å². The summed E-state index contributed by atoms with van der Waals surface area (Å²) in [6, 6.07) is 10.8. The van der Waals surface area contributed by atoms with E-state index < -0.39 is 0 Å². The maximum absolute atomic E-state index is 13.8. The largest absolute Gasteiger partial charge is 0.354 e. The average Bonchev–Trinajstić information content (AvgIpc) is 3.10. The van der Waals surface area contributed by atoms with Gasteiger partial charge in [-0.15, -0.1) is 0 Å². The SMILES string of the molecule is CC(C)CN1C[C@@H](NCc2cccnc2)C[C@H]1C(=O)NCCc1ccccc1F. The fraction of sp³-hybridized carbons (Fsp3) is 0.478. The summed E-state index contributed by atoms with van der Waals surface area (Å²) in [5.74, 6) is 0.303. The van der Waals surface area contributed by atoms with Crippen molar-refractivity contribution in [1.82, 2.24) is 20.5 Å². The standard InChI is InChI=1S/C23H31FN4O/c1-17(2)15-28-16-20(27-14-18-6-5-10-25-13-18)12-22(28)23(29)26-11-9-19-7-3-4-8-21(19)24/h3-8,10,13,17,20,22,27H,9,11-12,14-16H2,1-2H3,(H,26,29)/t20-,22-/m0/s1. The summed E-state index contributed by atoms with van der Waals surface area (Å²) in [5.41, 5.74) is 1.77. The number of carbonyl (C=O) groups excluding carboxylic acids is 1. The summed E-state index contributed by atoms with van der Waals surface area (Å²) in [5, 5.41) is 6.58. The number of halogens is 1. The molecule has 2 heterocycles. The molecule has 1 aromatic carbocycles. The normalized spacial score (nSPS) is 19.6. The van der Waals surface area contributed by atoms with E-state index in [0.717, 1.165) is 31.6 Å². The second-order valence-corrected chi connectivity index (χ2v) is 8.17. The van der Waals surface area contributed by atoms with Crippen molar-refractivity contribution in [3.63, 3.8) is 0 Å². The minimum absolute atomic E-state index is 0.0349. The van der Waals surface area contributed by atoms with E-state index in [1.807, 2.05) is 24.4 Å². The number of carbonyl (C=O) groups is 1. The number of hydrogen-bond acceptors (Lipinski definition) is 4. The maximum atomic E-state index is 13.8. The first-order valence-corrected chi connectivity index (χ1v) is 10.4. The third kappa shape index (κ3) is 6.34. The zero-order valence-corrected chi connectivity index (χ0v) is 17.3. The molecule has 0 radical (unpaired) electrons. The molecule has 0 aliphatic carbocycles. The van der Waals surface area contributed by atoms with Crippen LogP contribution in [0.3, 0.4) is 0 Å². The third-order valence-electron chi connectivity index (χ3n) is 5.27. The zero-order valence-electron chi connectivity index (χ0n) is 17.3. The van der Waals surface area contributed by atoms with Crippen LogP contribution in [0.15, 0.2) is 48.8 Å². The average molecular weight is 399 g/mol. The highest BCUT2D eigenvalue weighted by atomic mass is 19.1. The number of hydrogen-bond donors (Lipinski definition) is 2. The predicted octanol–water partition coefficient (Wildman–Crippen LogP) is 2.77. The zero-order chi connectivity index (χ0) is 20.6. The number of nitrogens with one attached hydrogen (secondary N) is 2. The molecule has 1 amide bonds. The van der Waals surface area contributed by atoms with Crippen LogP contribution in [-0.4, -0.2) is 47.5 Å². The molecular formula is C23H31FN4O. The number of likely N-dealkylation sites (tertiary alicyclic amines) is 1. The smallest absolute Gasteiger partial charge is 0.237 e. The summed E-state index contributed by atoms with van der Waals surface area (Å²) in [6.45, 7) is 7.27. The second-order valence-electron chi connectivity index (χ2n) is 8.17. The Morgan fingerprint density at radius 2 is 2.10 bits per heavy atom. The molecule has 6 heteroatoms. The van der Waals surface area contributed by atoms with E-state index in [4.69, 9.17) is 0 Å². The van der Waals surface area contributed by atoms with Gasteiger partial charge in [0, 0.05) is 44.6 Å². The van der Waals surface area contributed by atoms with Crippen LogP contribution in [-0.2, 0) is 17.8 Å². The Labute approximate surface area is 172 Å². The molecule has 0 bridgehead atoms. The lowest BCUT2D eigenvalue weighted by Crippen LogP contribution is -2.45. The first kappa shape index (κ1) is 21.4. The van der Waals surface area contributed by atoms with E-state index in [1.165, 1.54) is 6.07 Å². The number of rotatable bonds is 9. The Morgan fingerprint density at radius 1 is 1.28 bits per heavy atom. The van der Waals surface area contributed by atoms with Crippen LogP contribution in [0.1, 0.15) is 31.4 Å². The highest BCUT2D eigenvalue weighted by Crippen LogP contribution is 2.20. The summed E-state index contributed by atoms with van der Waals surface area (Å²) in [7, 11) is 0. The monoisotopic (exact) mass is 398 g/mol. The van der Waals surface area contributed by atoms with E-state index >= 15 is 0 Å². The van der Waals surface area contributed by atoms with Crippen molar-refractivity contribution in [2.75, 3.05) is 19.6 Å². The molecule has 3 rings (SSSR count). The first-order valence-electron chi connectivity index (χ1n) is 10.4. The lowest BCUT2D eigenvalue weighted by molar-refractivity contribution is -0.125. The summed E-state index contributed by atoms with van der Waals surface area (Å²) >= 11 is 0. The van der Waals surface area contributed by atoms with Gasteiger partial charge < -0.3 is 10.6 Å². The van der Waals surface area contributed by atoms with Gasteiger partial charge in [-0.25, -0.2) is 4.39 Å². The van der Waals surface area contributed by atoms with Crippen LogP contribution in [0.2, 0.25) is 0 Å². The first-order chi connectivity index (χ1) is 14.0. The highest BCUT2D eigenvalue weighted by molar-refractivity contribution is 5.82. The van der Waals surface area contributed by atoms with Crippen LogP contribution >= 0.6 is 0 Å². The topological polar surface area (TPSA) is 57.3 Å². The number of pyridine rings is 1. The Hall–Kier alpha value is -2.31. The second kappa shape index (κ2) is 10.5. The molecule has 1 aliphatic rings. The molecule has 0 spiro atoms. The predicted molar refractivity (Wildman–Crippen MR) is 113 cm³/mol. The van der Waals surface area contributed by atoms with Gasteiger partial charge in [-0.2, -0.15) is 0 Å². The molecule has 2 N–H and O–H groups in total. The van der Waals surface area contributed by atoms with Gasteiger partial charge in [-0.3, -0.25) is 14.7 Å². The van der Waals surface area contributed by atoms with E-state index in [9.17, 15) is 9.18 Å². The van der Waals surface area contributed by atoms with Gasteiger partial charge in [0.05, 0.1) is 6.04 Å². The number of nitrogens with zero attached hydrogens (tertiary/aromatic N) is 2. The third-order valence-corrected chi connectivity index (χ3v) is 5.27. The molecule has 156 valence electrons. The van der Waals surface area contributed by atoms with Gasteiger partial charge in [0.15, 0.2) is 0 Å². The van der Waals surface area contributed by atoms with Gasteiger partial charge in [-0.05, 0) is 42.0 Å². The van der Waals surface area contributed by atoms with Crippen LogP contribution in [0.25, 0.3) is 0 Å². The fourth-order valence-electron chi connectivity index (χ4n) is 3.90. The van der Waals surface area contributed by atoms with Crippen molar-refractivity contribution < 1.29 is 9.18 Å². The summed E-state index contributed by atoms with van der Waals surface area (Å²) < 4.78 is 13.8.